The number of aromatic nitrogens is 2. The first-order chi connectivity index (χ1) is 14.5. The van der Waals surface area contributed by atoms with Gasteiger partial charge in [-0.2, -0.15) is 0 Å². The Bertz CT molecular complexity index is 1190. The number of aryl methyl sites for hydroxylation is 1. The van der Waals surface area contributed by atoms with Crippen LogP contribution >= 0.6 is 11.3 Å². The van der Waals surface area contributed by atoms with E-state index in [1.165, 1.54) is 16.9 Å². The van der Waals surface area contributed by atoms with E-state index < -0.39 is 12.0 Å². The minimum absolute atomic E-state index is 0.0417. The third-order valence-electron chi connectivity index (χ3n) is 4.92. The number of fused-ring (bicyclic) bond motifs is 1. The molecule has 4 aromatic rings. The van der Waals surface area contributed by atoms with Crippen molar-refractivity contribution in [2.75, 3.05) is 0 Å². The zero-order chi connectivity index (χ0) is 21.1. The summed E-state index contributed by atoms with van der Waals surface area (Å²) in [5, 5.41) is 15.9. The Hall–Kier alpha value is -3.45. The molecule has 0 spiro atoms. The number of aromatic amines is 1. The molecule has 2 aromatic heterocycles. The number of benzene rings is 2. The molecule has 0 fully saturated rings. The van der Waals surface area contributed by atoms with Crippen molar-refractivity contribution >= 4 is 34.1 Å². The van der Waals surface area contributed by atoms with Crippen LogP contribution < -0.4 is 5.32 Å². The standard InChI is InChI=1S/C23H21N3O3S/c1-14-6-8-15(9-7-14)22-25-17(13-30-22)11-21(27)26-20(23(28)29)10-16-12-24-19-5-3-2-4-18(16)19/h2-9,12-13,20,24H,10-11H2,1H3,(H,26,27)(H,28,29)/t20-/m1/s1. The second-order valence-electron chi connectivity index (χ2n) is 7.21. The maximum Gasteiger partial charge on any atom is 0.326 e. The highest BCUT2D eigenvalue weighted by Gasteiger charge is 2.22. The van der Waals surface area contributed by atoms with Crippen molar-refractivity contribution in [2.45, 2.75) is 25.8 Å². The largest absolute Gasteiger partial charge is 0.480 e. The third kappa shape index (κ3) is 4.41. The minimum atomic E-state index is -1.06. The SMILES string of the molecule is Cc1ccc(-c2nc(CC(=O)N[C@H](Cc3c[nH]c4ccccc34)C(=O)O)cs2)cc1. The molecule has 1 atom stereocenters. The van der Waals surface area contributed by atoms with Gasteiger partial charge in [0.2, 0.25) is 5.91 Å². The Labute approximate surface area is 177 Å². The lowest BCUT2D eigenvalue weighted by Crippen LogP contribution is -2.43. The summed E-state index contributed by atoms with van der Waals surface area (Å²) in [5.41, 5.74) is 4.59. The van der Waals surface area contributed by atoms with E-state index in [1.807, 2.05) is 60.8 Å². The predicted octanol–water partition coefficient (Wildman–Crippen LogP) is 3.95. The number of nitrogens with zero attached hydrogens (tertiary/aromatic N) is 1. The summed E-state index contributed by atoms with van der Waals surface area (Å²) in [6.07, 6.45) is 2.04. The number of carboxylic acid groups (broad SMARTS) is 1. The Morgan fingerprint density at radius 2 is 1.93 bits per heavy atom. The van der Waals surface area contributed by atoms with E-state index in [0.29, 0.717) is 5.69 Å². The van der Waals surface area contributed by atoms with Gasteiger partial charge in [-0.05, 0) is 18.6 Å². The third-order valence-corrected chi connectivity index (χ3v) is 5.86. The first-order valence-corrected chi connectivity index (χ1v) is 10.5. The van der Waals surface area contributed by atoms with E-state index in [4.69, 9.17) is 0 Å². The fraction of sp³-hybridized carbons (Fsp3) is 0.174. The lowest BCUT2D eigenvalue weighted by Gasteiger charge is -2.14. The van der Waals surface area contributed by atoms with Gasteiger partial charge < -0.3 is 15.4 Å². The van der Waals surface area contributed by atoms with Crippen molar-refractivity contribution in [3.8, 4) is 10.6 Å². The lowest BCUT2D eigenvalue weighted by atomic mass is 10.0. The second-order valence-corrected chi connectivity index (χ2v) is 8.07. The number of rotatable bonds is 7. The van der Waals surface area contributed by atoms with Crippen molar-refractivity contribution in [2.24, 2.45) is 0 Å². The van der Waals surface area contributed by atoms with Gasteiger partial charge in [0.25, 0.3) is 0 Å². The van der Waals surface area contributed by atoms with Crippen molar-refractivity contribution in [3.05, 3.63) is 76.9 Å². The van der Waals surface area contributed by atoms with Crippen LogP contribution in [0.5, 0.6) is 0 Å². The summed E-state index contributed by atoms with van der Waals surface area (Å²) >= 11 is 1.47. The number of para-hydroxylation sites is 1. The van der Waals surface area contributed by atoms with Crippen LogP contribution in [-0.2, 0) is 22.4 Å². The van der Waals surface area contributed by atoms with Gasteiger partial charge >= 0.3 is 5.97 Å². The maximum absolute atomic E-state index is 12.5. The highest BCUT2D eigenvalue weighted by molar-refractivity contribution is 7.13. The molecule has 0 saturated heterocycles. The van der Waals surface area contributed by atoms with Crippen molar-refractivity contribution in [1.29, 1.82) is 0 Å². The van der Waals surface area contributed by atoms with Crippen LogP contribution in [-0.4, -0.2) is 33.0 Å². The number of carbonyl (C=O) groups is 2. The molecule has 4 rings (SSSR count). The first kappa shape index (κ1) is 19.8. The fourth-order valence-electron chi connectivity index (χ4n) is 3.35. The van der Waals surface area contributed by atoms with Crippen LogP contribution in [0, 0.1) is 6.92 Å². The summed E-state index contributed by atoms with van der Waals surface area (Å²) < 4.78 is 0. The van der Waals surface area contributed by atoms with Gasteiger partial charge in [0, 0.05) is 34.5 Å². The molecule has 0 radical (unpaired) electrons. The van der Waals surface area contributed by atoms with Gasteiger partial charge in [-0.1, -0.05) is 48.0 Å². The number of hydrogen-bond acceptors (Lipinski definition) is 4. The van der Waals surface area contributed by atoms with Gasteiger partial charge in [0.1, 0.15) is 11.0 Å². The highest BCUT2D eigenvalue weighted by Crippen LogP contribution is 2.24. The smallest absolute Gasteiger partial charge is 0.326 e. The molecule has 1 amide bonds. The molecule has 0 aliphatic heterocycles. The van der Waals surface area contributed by atoms with Crippen LogP contribution in [0.3, 0.4) is 0 Å². The molecule has 0 bridgehead atoms. The average Bonchev–Trinajstić information content (AvgIpc) is 3.35. The molecular weight excluding hydrogens is 398 g/mol. The molecule has 2 aromatic carbocycles. The molecule has 30 heavy (non-hydrogen) atoms. The molecule has 0 unspecified atom stereocenters. The summed E-state index contributed by atoms with van der Waals surface area (Å²) in [7, 11) is 0. The fourth-order valence-corrected chi connectivity index (χ4v) is 4.17. The number of H-pyrrole nitrogens is 1. The number of aliphatic carboxylic acids is 1. The van der Waals surface area contributed by atoms with E-state index >= 15 is 0 Å². The number of nitrogens with one attached hydrogen (secondary N) is 2. The first-order valence-electron chi connectivity index (χ1n) is 9.58. The Morgan fingerprint density at radius 1 is 1.17 bits per heavy atom. The van der Waals surface area contributed by atoms with Gasteiger partial charge in [-0.25, -0.2) is 9.78 Å². The van der Waals surface area contributed by atoms with Crippen molar-refractivity contribution in [3.63, 3.8) is 0 Å². The van der Waals surface area contributed by atoms with E-state index in [-0.39, 0.29) is 18.7 Å². The quantitative estimate of drug-likeness (QED) is 0.423. The molecular formula is C23H21N3O3S. The van der Waals surface area contributed by atoms with Crippen molar-refractivity contribution < 1.29 is 14.7 Å². The summed E-state index contributed by atoms with van der Waals surface area (Å²) in [5.74, 6) is -1.42. The maximum atomic E-state index is 12.5. The number of amides is 1. The average molecular weight is 420 g/mol. The number of hydrogen-bond donors (Lipinski definition) is 3. The van der Waals surface area contributed by atoms with Gasteiger partial charge in [-0.3, -0.25) is 4.79 Å². The van der Waals surface area contributed by atoms with Crippen LogP contribution in [0.4, 0.5) is 0 Å². The van der Waals surface area contributed by atoms with E-state index in [9.17, 15) is 14.7 Å². The van der Waals surface area contributed by atoms with Gasteiger partial charge in [0.15, 0.2) is 0 Å². The van der Waals surface area contributed by atoms with Crippen LogP contribution in [0.2, 0.25) is 0 Å². The highest BCUT2D eigenvalue weighted by atomic mass is 32.1. The lowest BCUT2D eigenvalue weighted by molar-refractivity contribution is -0.141. The van der Waals surface area contributed by atoms with E-state index in [0.717, 1.165) is 27.0 Å². The van der Waals surface area contributed by atoms with Crippen LogP contribution in [0.25, 0.3) is 21.5 Å². The van der Waals surface area contributed by atoms with Crippen molar-refractivity contribution in [1.82, 2.24) is 15.3 Å². The monoisotopic (exact) mass is 419 g/mol. The molecule has 2 heterocycles. The number of carbonyl (C=O) groups excluding carboxylic acids is 1. The van der Waals surface area contributed by atoms with Gasteiger partial charge in [0.05, 0.1) is 12.1 Å². The molecule has 7 heteroatoms. The molecule has 152 valence electrons. The zero-order valence-corrected chi connectivity index (χ0v) is 17.2. The molecule has 6 nitrogen and oxygen atoms in total. The Kier molecular flexibility index (Phi) is 5.63. The number of thiazole rings is 1. The van der Waals surface area contributed by atoms with E-state index in [1.54, 1.807) is 6.20 Å². The Morgan fingerprint density at radius 3 is 2.70 bits per heavy atom. The summed E-state index contributed by atoms with van der Waals surface area (Å²) in [6, 6.07) is 14.7. The molecule has 0 aliphatic carbocycles. The number of carboxylic acids is 1. The minimum Gasteiger partial charge on any atom is -0.480 e. The van der Waals surface area contributed by atoms with E-state index in [2.05, 4.69) is 15.3 Å². The van der Waals surface area contributed by atoms with Gasteiger partial charge in [-0.15, -0.1) is 11.3 Å². The summed E-state index contributed by atoms with van der Waals surface area (Å²) in [4.78, 5) is 31.9. The van der Waals surface area contributed by atoms with Crippen LogP contribution in [0.15, 0.2) is 60.1 Å². The van der Waals surface area contributed by atoms with Crippen LogP contribution in [0.1, 0.15) is 16.8 Å². The normalized spacial score (nSPS) is 12.0. The molecule has 3 N–H and O–H groups in total. The predicted molar refractivity (Wildman–Crippen MR) is 118 cm³/mol. The topological polar surface area (TPSA) is 95.1 Å². The molecule has 0 aliphatic rings. The second kappa shape index (κ2) is 8.51. The zero-order valence-electron chi connectivity index (χ0n) is 16.4. The summed E-state index contributed by atoms with van der Waals surface area (Å²) in [6.45, 7) is 2.02. The molecule has 0 saturated carbocycles. The Balaban J connectivity index is 1.42.